The third kappa shape index (κ3) is 8.88. The van der Waals surface area contributed by atoms with Crippen LogP contribution >= 0.6 is 0 Å². The highest BCUT2D eigenvalue weighted by molar-refractivity contribution is 7.90. The van der Waals surface area contributed by atoms with E-state index in [0.717, 1.165) is 12.5 Å². The van der Waals surface area contributed by atoms with Crippen LogP contribution < -0.4 is 10.6 Å². The van der Waals surface area contributed by atoms with Crippen LogP contribution in [-0.2, 0) is 21.1 Å². The van der Waals surface area contributed by atoms with Gasteiger partial charge in [-0.05, 0) is 31.9 Å². The van der Waals surface area contributed by atoms with Crippen LogP contribution in [0.15, 0.2) is 23.2 Å². The molecule has 1 rings (SSSR count). The van der Waals surface area contributed by atoms with E-state index in [1.807, 2.05) is 6.92 Å². The molecule has 0 aliphatic rings. The molecule has 0 unspecified atom stereocenters. The van der Waals surface area contributed by atoms with Crippen LogP contribution in [0.25, 0.3) is 0 Å². The fourth-order valence-electron chi connectivity index (χ4n) is 2.08. The highest BCUT2D eigenvalue weighted by atomic mass is 32.2. The number of benzene rings is 1. The summed E-state index contributed by atoms with van der Waals surface area (Å²) in [7, 11) is -2.96. The molecule has 0 saturated carbocycles. The molecule has 0 aliphatic heterocycles. The second-order valence-corrected chi connectivity index (χ2v) is 8.05. The Balaban J connectivity index is 2.42. The van der Waals surface area contributed by atoms with E-state index in [4.69, 9.17) is 4.74 Å². The lowest BCUT2D eigenvalue weighted by atomic mass is 10.1. The quantitative estimate of drug-likeness (QED) is 0.398. The highest BCUT2D eigenvalue weighted by Gasteiger charge is 2.02. The molecule has 7 heteroatoms. The predicted molar refractivity (Wildman–Crippen MR) is 99.3 cm³/mol. The highest BCUT2D eigenvalue weighted by Crippen LogP contribution is 2.11. The van der Waals surface area contributed by atoms with E-state index in [2.05, 4.69) is 47.7 Å². The lowest BCUT2D eigenvalue weighted by molar-refractivity contribution is 0.154. The number of hydrogen-bond acceptors (Lipinski definition) is 4. The maximum atomic E-state index is 11.0. The molecular formula is C17H29N3O3S. The average Bonchev–Trinajstić information content (AvgIpc) is 2.48. The monoisotopic (exact) mass is 355 g/mol. The van der Waals surface area contributed by atoms with Crippen molar-refractivity contribution >= 4 is 15.8 Å². The minimum absolute atomic E-state index is 0.0495. The molecule has 6 nitrogen and oxygen atoms in total. The van der Waals surface area contributed by atoms with Gasteiger partial charge in [0.25, 0.3) is 0 Å². The number of sulfone groups is 1. The van der Waals surface area contributed by atoms with E-state index in [1.165, 1.54) is 22.9 Å². The van der Waals surface area contributed by atoms with Gasteiger partial charge in [0.1, 0.15) is 9.84 Å². The van der Waals surface area contributed by atoms with Crippen LogP contribution in [-0.4, -0.2) is 52.7 Å². The molecule has 0 aliphatic carbocycles. The number of ether oxygens (including phenoxy) is 1. The zero-order chi connectivity index (χ0) is 18.0. The van der Waals surface area contributed by atoms with Crippen LogP contribution in [0.3, 0.4) is 0 Å². The van der Waals surface area contributed by atoms with Gasteiger partial charge < -0.3 is 15.4 Å². The molecule has 0 amide bonds. The third-order valence-corrected chi connectivity index (χ3v) is 4.30. The zero-order valence-corrected chi connectivity index (χ0v) is 15.9. The number of nitrogens with one attached hydrogen (secondary N) is 2. The molecule has 1 aromatic rings. The molecule has 2 N–H and O–H groups in total. The van der Waals surface area contributed by atoms with Crippen molar-refractivity contribution in [2.24, 2.45) is 4.99 Å². The Bertz CT molecular complexity index is 642. The number of aryl methyl sites for hydroxylation is 2. The second-order valence-electron chi connectivity index (χ2n) is 5.79. The van der Waals surface area contributed by atoms with Crippen LogP contribution in [0.5, 0.6) is 0 Å². The smallest absolute Gasteiger partial charge is 0.191 e. The number of guanidine groups is 1. The Morgan fingerprint density at radius 3 is 2.58 bits per heavy atom. The largest absolute Gasteiger partial charge is 0.379 e. The molecule has 0 fully saturated rings. The first-order valence-electron chi connectivity index (χ1n) is 8.15. The molecule has 0 spiro atoms. The molecular weight excluding hydrogens is 326 g/mol. The molecule has 0 saturated heterocycles. The fourth-order valence-corrected chi connectivity index (χ4v) is 2.50. The van der Waals surface area contributed by atoms with Crippen molar-refractivity contribution in [2.75, 3.05) is 38.3 Å². The van der Waals surface area contributed by atoms with Crippen LogP contribution in [0.2, 0.25) is 0 Å². The van der Waals surface area contributed by atoms with Crippen LogP contribution in [0, 0.1) is 13.8 Å². The third-order valence-electron chi connectivity index (χ3n) is 3.39. The van der Waals surface area contributed by atoms with E-state index in [9.17, 15) is 8.42 Å². The van der Waals surface area contributed by atoms with Crippen molar-refractivity contribution in [2.45, 2.75) is 27.3 Å². The summed E-state index contributed by atoms with van der Waals surface area (Å²) in [5.41, 5.74) is 3.68. The SMILES string of the molecule is CCNC(=NCc1ccc(C)cc1C)NCCOCCS(C)(=O)=O. The van der Waals surface area contributed by atoms with Crippen molar-refractivity contribution < 1.29 is 13.2 Å². The van der Waals surface area contributed by atoms with Crippen molar-refractivity contribution in [1.82, 2.24) is 10.6 Å². The van der Waals surface area contributed by atoms with E-state index in [1.54, 1.807) is 0 Å². The average molecular weight is 356 g/mol. The van der Waals surface area contributed by atoms with Crippen molar-refractivity contribution in [3.8, 4) is 0 Å². The van der Waals surface area contributed by atoms with E-state index in [-0.39, 0.29) is 12.4 Å². The summed E-state index contributed by atoms with van der Waals surface area (Å²) in [4.78, 5) is 4.57. The number of nitrogens with zero attached hydrogens (tertiary/aromatic N) is 1. The summed E-state index contributed by atoms with van der Waals surface area (Å²) in [5.74, 6) is 0.776. The molecule has 0 atom stereocenters. The fraction of sp³-hybridized carbons (Fsp3) is 0.588. The van der Waals surface area contributed by atoms with Crippen molar-refractivity contribution in [1.29, 1.82) is 0 Å². The Morgan fingerprint density at radius 2 is 1.96 bits per heavy atom. The molecule has 0 aromatic heterocycles. The van der Waals surface area contributed by atoms with Gasteiger partial charge >= 0.3 is 0 Å². The van der Waals surface area contributed by atoms with Crippen molar-refractivity contribution in [3.05, 3.63) is 34.9 Å². The summed E-state index contributed by atoms with van der Waals surface area (Å²) in [6, 6.07) is 6.35. The predicted octanol–water partition coefficient (Wildman–Crippen LogP) is 1.42. The summed E-state index contributed by atoms with van der Waals surface area (Å²) in [6.07, 6.45) is 1.21. The Hall–Kier alpha value is -1.60. The Morgan fingerprint density at radius 1 is 1.21 bits per heavy atom. The van der Waals surface area contributed by atoms with E-state index in [0.29, 0.717) is 19.7 Å². The number of aliphatic imine (C=N–C) groups is 1. The summed E-state index contributed by atoms with van der Waals surface area (Å²) in [6.45, 7) is 8.78. The summed E-state index contributed by atoms with van der Waals surface area (Å²) < 4.78 is 27.3. The van der Waals surface area contributed by atoms with Crippen LogP contribution in [0.4, 0.5) is 0 Å². The lowest BCUT2D eigenvalue weighted by Gasteiger charge is -2.12. The van der Waals surface area contributed by atoms with Crippen molar-refractivity contribution in [3.63, 3.8) is 0 Å². The van der Waals surface area contributed by atoms with Gasteiger partial charge in [-0.15, -0.1) is 0 Å². The van der Waals surface area contributed by atoms with Gasteiger partial charge in [-0.3, -0.25) is 0 Å². The van der Waals surface area contributed by atoms with E-state index < -0.39 is 9.84 Å². The molecule has 136 valence electrons. The molecule has 0 bridgehead atoms. The van der Waals surface area contributed by atoms with Gasteiger partial charge in [0.05, 0.1) is 25.5 Å². The van der Waals surface area contributed by atoms with Crippen LogP contribution in [0.1, 0.15) is 23.6 Å². The van der Waals surface area contributed by atoms with Gasteiger partial charge in [0.15, 0.2) is 5.96 Å². The van der Waals surface area contributed by atoms with Gasteiger partial charge in [-0.2, -0.15) is 0 Å². The Kier molecular flexibility index (Phi) is 8.78. The molecule has 0 radical (unpaired) electrons. The summed E-state index contributed by atoms with van der Waals surface area (Å²) >= 11 is 0. The maximum Gasteiger partial charge on any atom is 0.191 e. The minimum atomic E-state index is -2.96. The summed E-state index contributed by atoms with van der Waals surface area (Å²) in [5, 5.41) is 6.37. The topological polar surface area (TPSA) is 79.8 Å². The van der Waals surface area contributed by atoms with Gasteiger partial charge in [-0.25, -0.2) is 13.4 Å². The van der Waals surface area contributed by atoms with Gasteiger partial charge in [0, 0.05) is 19.3 Å². The van der Waals surface area contributed by atoms with Gasteiger partial charge in [-0.1, -0.05) is 23.8 Å². The first kappa shape index (κ1) is 20.4. The molecule has 0 heterocycles. The Labute approximate surface area is 145 Å². The first-order valence-corrected chi connectivity index (χ1v) is 10.2. The molecule has 1 aromatic carbocycles. The van der Waals surface area contributed by atoms with E-state index >= 15 is 0 Å². The molecule has 24 heavy (non-hydrogen) atoms. The minimum Gasteiger partial charge on any atom is -0.379 e. The number of rotatable bonds is 9. The van der Waals surface area contributed by atoms with Gasteiger partial charge in [0.2, 0.25) is 0 Å². The second kappa shape index (κ2) is 10.3. The standard InChI is InChI=1S/C17H29N3O3S/c1-5-18-17(19-8-9-23-10-11-24(4,21)22)20-13-16-7-6-14(2)12-15(16)3/h6-7,12H,5,8-11,13H2,1-4H3,(H2,18,19,20). The number of hydrogen-bond donors (Lipinski definition) is 2. The zero-order valence-electron chi connectivity index (χ0n) is 15.1. The lowest BCUT2D eigenvalue weighted by Crippen LogP contribution is -2.39. The maximum absolute atomic E-state index is 11.0. The normalized spacial score (nSPS) is 12.2. The first-order chi connectivity index (χ1) is 11.3.